The van der Waals surface area contributed by atoms with Crippen molar-refractivity contribution in [3.8, 4) is 0 Å². The van der Waals surface area contributed by atoms with Crippen molar-refractivity contribution in [3.63, 3.8) is 0 Å². The Bertz CT molecular complexity index is 405. The van der Waals surface area contributed by atoms with Gasteiger partial charge in [-0.2, -0.15) is 0 Å². The average molecular weight is 218 g/mol. The Kier molecular flexibility index (Phi) is 2.81. The summed E-state index contributed by atoms with van der Waals surface area (Å²) in [5.74, 6) is 0. The molecule has 2 nitrogen and oxygen atoms in total. The molecule has 0 spiro atoms. The topological polar surface area (TPSA) is 52.0 Å². The Balaban J connectivity index is 2.38. The highest BCUT2D eigenvalue weighted by molar-refractivity contribution is 5.41. The van der Waals surface area contributed by atoms with E-state index in [0.717, 1.165) is 0 Å². The Morgan fingerprint density at radius 1 is 1.19 bits per heavy atom. The Morgan fingerprint density at radius 3 is 2.31 bits per heavy atom. The first kappa shape index (κ1) is 11.6. The van der Waals surface area contributed by atoms with Crippen molar-refractivity contribution in [3.05, 3.63) is 34.4 Å². The second kappa shape index (κ2) is 3.86. The van der Waals surface area contributed by atoms with Crippen molar-refractivity contribution in [1.29, 1.82) is 0 Å². The van der Waals surface area contributed by atoms with Gasteiger partial charge in [-0.25, -0.2) is 0 Å². The van der Waals surface area contributed by atoms with E-state index in [1.54, 1.807) is 0 Å². The van der Waals surface area contributed by atoms with Gasteiger partial charge in [0.25, 0.3) is 0 Å². The molecule has 0 amide bonds. The summed E-state index contributed by atoms with van der Waals surface area (Å²) in [7, 11) is 0. The summed E-state index contributed by atoms with van der Waals surface area (Å²) in [6.07, 6.45) is 2.36. The van der Waals surface area contributed by atoms with Gasteiger partial charge in [0.15, 0.2) is 0 Å². The summed E-state index contributed by atoms with van der Waals surface area (Å²) in [5, 5.41) is 0. The van der Waals surface area contributed by atoms with E-state index in [2.05, 4.69) is 32.9 Å². The highest BCUT2D eigenvalue weighted by atomic mass is 14.8. The normalized spacial score (nSPS) is 19.6. The first-order valence-electron chi connectivity index (χ1n) is 6.04. The van der Waals surface area contributed by atoms with Crippen molar-refractivity contribution in [1.82, 2.24) is 0 Å². The summed E-state index contributed by atoms with van der Waals surface area (Å²) in [6.45, 7) is 7.20. The van der Waals surface area contributed by atoms with Crippen LogP contribution in [0.4, 0.5) is 0 Å². The predicted octanol–water partition coefficient (Wildman–Crippen LogP) is 2.35. The molecule has 88 valence electrons. The number of hydrogen-bond donors (Lipinski definition) is 2. The molecule has 2 rings (SSSR count). The third-order valence-electron chi connectivity index (χ3n) is 4.39. The van der Waals surface area contributed by atoms with E-state index in [-0.39, 0.29) is 11.5 Å². The minimum Gasteiger partial charge on any atom is -0.330 e. The van der Waals surface area contributed by atoms with E-state index < -0.39 is 0 Å². The Labute approximate surface area is 98.0 Å². The van der Waals surface area contributed by atoms with Crippen LogP contribution < -0.4 is 11.5 Å². The van der Waals surface area contributed by atoms with Crippen LogP contribution >= 0.6 is 0 Å². The maximum Gasteiger partial charge on any atom is 0.0367 e. The van der Waals surface area contributed by atoms with Gasteiger partial charge in [0.2, 0.25) is 0 Å². The fourth-order valence-corrected chi connectivity index (χ4v) is 2.45. The molecule has 4 N–H and O–H groups in total. The number of nitrogens with two attached hydrogens (primary N) is 2. The van der Waals surface area contributed by atoms with E-state index in [0.29, 0.717) is 6.54 Å². The lowest BCUT2D eigenvalue weighted by atomic mass is 9.86. The molecule has 1 aromatic carbocycles. The van der Waals surface area contributed by atoms with Crippen LogP contribution in [0, 0.1) is 26.2 Å². The van der Waals surface area contributed by atoms with E-state index in [1.807, 2.05) is 0 Å². The van der Waals surface area contributed by atoms with Crippen LogP contribution in [-0.2, 0) is 0 Å². The van der Waals surface area contributed by atoms with Gasteiger partial charge in [-0.15, -0.1) is 0 Å². The molecule has 1 aromatic rings. The fourth-order valence-electron chi connectivity index (χ4n) is 2.45. The molecule has 0 saturated heterocycles. The second-order valence-corrected chi connectivity index (χ2v) is 5.27. The standard InChI is InChI=1S/C14H22N2/c1-9-4-5-12(11(3)10(9)2)13(16)14(8-15)6-7-14/h4-5,13H,6-8,15-16H2,1-3H3. The first-order chi connectivity index (χ1) is 7.52. The molecule has 0 aromatic heterocycles. The lowest BCUT2D eigenvalue weighted by Gasteiger charge is -2.25. The lowest BCUT2D eigenvalue weighted by Crippen LogP contribution is -2.30. The van der Waals surface area contributed by atoms with Crippen LogP contribution in [0.5, 0.6) is 0 Å². The molecule has 0 bridgehead atoms. The van der Waals surface area contributed by atoms with Crippen molar-refractivity contribution in [2.45, 2.75) is 39.7 Å². The maximum absolute atomic E-state index is 6.39. The van der Waals surface area contributed by atoms with Gasteiger partial charge >= 0.3 is 0 Å². The van der Waals surface area contributed by atoms with Gasteiger partial charge in [0, 0.05) is 11.5 Å². The third kappa shape index (κ3) is 1.66. The van der Waals surface area contributed by atoms with E-state index >= 15 is 0 Å². The van der Waals surface area contributed by atoms with Crippen molar-refractivity contribution >= 4 is 0 Å². The molecular formula is C14H22N2. The van der Waals surface area contributed by atoms with E-state index in [9.17, 15) is 0 Å². The zero-order chi connectivity index (χ0) is 11.9. The predicted molar refractivity (Wildman–Crippen MR) is 68.3 cm³/mol. The van der Waals surface area contributed by atoms with Crippen LogP contribution in [0.3, 0.4) is 0 Å². The van der Waals surface area contributed by atoms with Gasteiger partial charge < -0.3 is 11.5 Å². The van der Waals surface area contributed by atoms with Crippen LogP contribution in [0.25, 0.3) is 0 Å². The molecule has 1 aliphatic carbocycles. The van der Waals surface area contributed by atoms with Gasteiger partial charge in [-0.3, -0.25) is 0 Å². The van der Waals surface area contributed by atoms with Crippen LogP contribution in [0.1, 0.15) is 41.1 Å². The molecule has 0 aliphatic heterocycles. The molecule has 2 heteroatoms. The number of aryl methyl sites for hydroxylation is 1. The molecule has 1 unspecified atom stereocenters. The minimum atomic E-state index is 0.108. The summed E-state index contributed by atoms with van der Waals surface area (Å²) >= 11 is 0. The fraction of sp³-hybridized carbons (Fsp3) is 0.571. The number of hydrogen-bond acceptors (Lipinski definition) is 2. The van der Waals surface area contributed by atoms with Crippen LogP contribution in [0.15, 0.2) is 12.1 Å². The van der Waals surface area contributed by atoms with Gasteiger partial charge in [0.1, 0.15) is 0 Å². The third-order valence-corrected chi connectivity index (χ3v) is 4.39. The van der Waals surface area contributed by atoms with Crippen molar-refractivity contribution in [2.75, 3.05) is 6.54 Å². The van der Waals surface area contributed by atoms with Gasteiger partial charge in [0.05, 0.1) is 0 Å². The van der Waals surface area contributed by atoms with E-state index in [4.69, 9.17) is 11.5 Å². The molecule has 1 saturated carbocycles. The van der Waals surface area contributed by atoms with Crippen molar-refractivity contribution < 1.29 is 0 Å². The summed E-state index contributed by atoms with van der Waals surface area (Å²) in [5.41, 5.74) is 17.7. The largest absolute Gasteiger partial charge is 0.330 e. The molecule has 1 atom stereocenters. The molecule has 0 heterocycles. The van der Waals surface area contributed by atoms with Gasteiger partial charge in [-0.05, 0) is 62.4 Å². The van der Waals surface area contributed by atoms with Crippen LogP contribution in [-0.4, -0.2) is 6.54 Å². The number of rotatable bonds is 3. The van der Waals surface area contributed by atoms with Crippen LogP contribution in [0.2, 0.25) is 0 Å². The number of benzene rings is 1. The Hall–Kier alpha value is -0.860. The summed E-state index contributed by atoms with van der Waals surface area (Å²) in [4.78, 5) is 0. The molecule has 0 radical (unpaired) electrons. The molecule has 1 fully saturated rings. The van der Waals surface area contributed by atoms with E-state index in [1.165, 1.54) is 35.1 Å². The smallest absolute Gasteiger partial charge is 0.0367 e. The van der Waals surface area contributed by atoms with Crippen molar-refractivity contribution in [2.24, 2.45) is 16.9 Å². The Morgan fingerprint density at radius 2 is 1.81 bits per heavy atom. The monoisotopic (exact) mass is 218 g/mol. The van der Waals surface area contributed by atoms with Gasteiger partial charge in [-0.1, -0.05) is 12.1 Å². The quantitative estimate of drug-likeness (QED) is 0.818. The highest BCUT2D eigenvalue weighted by Gasteiger charge is 2.47. The summed E-state index contributed by atoms with van der Waals surface area (Å²) < 4.78 is 0. The summed E-state index contributed by atoms with van der Waals surface area (Å²) in [6, 6.07) is 4.46. The zero-order valence-electron chi connectivity index (χ0n) is 10.5. The average Bonchev–Trinajstić information content (AvgIpc) is 3.06. The second-order valence-electron chi connectivity index (χ2n) is 5.27. The lowest BCUT2D eigenvalue weighted by molar-refractivity contribution is 0.417. The molecule has 1 aliphatic rings. The molecular weight excluding hydrogens is 196 g/mol. The molecule has 16 heavy (non-hydrogen) atoms. The minimum absolute atomic E-state index is 0.108. The highest BCUT2D eigenvalue weighted by Crippen LogP contribution is 2.53. The SMILES string of the molecule is Cc1ccc(C(N)C2(CN)CC2)c(C)c1C. The maximum atomic E-state index is 6.39. The first-order valence-corrected chi connectivity index (χ1v) is 6.04. The zero-order valence-corrected chi connectivity index (χ0v) is 10.5.